The maximum atomic E-state index is 9.09. The van der Waals surface area contributed by atoms with Crippen molar-refractivity contribution in [1.29, 1.82) is 0 Å². The Labute approximate surface area is 88.7 Å². The van der Waals surface area contributed by atoms with E-state index in [2.05, 4.69) is 10.3 Å². The number of ether oxygens (including phenoxy) is 1. The minimum absolute atomic E-state index is 0.229. The fraction of sp³-hybridized carbons (Fsp3) is 0.500. The largest absolute Gasteiger partial charge is 0.481 e. The molecule has 0 saturated carbocycles. The third-order valence-electron chi connectivity index (χ3n) is 1.93. The highest BCUT2D eigenvalue weighted by atomic mass is 16.5. The number of aliphatic hydroxyl groups is 2. The second kappa shape index (κ2) is 6.34. The highest BCUT2D eigenvalue weighted by Gasteiger charge is 2.01. The molecule has 0 saturated heterocycles. The summed E-state index contributed by atoms with van der Waals surface area (Å²) in [6.07, 6.45) is 0.951. The van der Waals surface area contributed by atoms with Crippen molar-refractivity contribution in [3.63, 3.8) is 0 Å². The first-order chi connectivity index (χ1) is 7.26. The molecule has 15 heavy (non-hydrogen) atoms. The fourth-order valence-corrected chi connectivity index (χ4v) is 1.12. The molecule has 0 spiro atoms. The molecular formula is C10H16N2O3. The van der Waals surface area contributed by atoms with Crippen LogP contribution in [0.2, 0.25) is 0 Å². The van der Waals surface area contributed by atoms with E-state index in [1.54, 1.807) is 13.3 Å². The Morgan fingerprint density at radius 3 is 3.07 bits per heavy atom. The van der Waals surface area contributed by atoms with Crippen LogP contribution in [0, 0.1) is 0 Å². The van der Waals surface area contributed by atoms with Gasteiger partial charge in [-0.3, -0.25) is 0 Å². The number of rotatable bonds is 6. The molecule has 5 heteroatoms. The first-order valence-electron chi connectivity index (χ1n) is 4.75. The van der Waals surface area contributed by atoms with Crippen molar-refractivity contribution in [2.45, 2.75) is 12.6 Å². The van der Waals surface area contributed by atoms with Gasteiger partial charge < -0.3 is 20.3 Å². The number of hydrogen-bond donors (Lipinski definition) is 3. The maximum Gasteiger partial charge on any atom is 0.213 e. The number of nitrogens with one attached hydrogen (secondary N) is 1. The Morgan fingerprint density at radius 1 is 1.60 bits per heavy atom. The first kappa shape index (κ1) is 11.9. The molecule has 1 atom stereocenters. The minimum Gasteiger partial charge on any atom is -0.481 e. The highest BCUT2D eigenvalue weighted by molar-refractivity contribution is 5.20. The highest BCUT2D eigenvalue weighted by Crippen LogP contribution is 2.07. The van der Waals surface area contributed by atoms with Crippen LogP contribution in [0.4, 0.5) is 0 Å². The summed E-state index contributed by atoms with van der Waals surface area (Å²) < 4.78 is 4.98. The number of nitrogens with zero attached hydrogens (tertiary/aromatic N) is 1. The van der Waals surface area contributed by atoms with Gasteiger partial charge in [0.25, 0.3) is 0 Å². The summed E-state index contributed by atoms with van der Waals surface area (Å²) in [4.78, 5) is 3.98. The molecule has 0 amide bonds. The van der Waals surface area contributed by atoms with Crippen LogP contribution >= 0.6 is 0 Å². The van der Waals surface area contributed by atoms with Gasteiger partial charge in [-0.1, -0.05) is 0 Å². The summed E-state index contributed by atoms with van der Waals surface area (Å²) in [5.41, 5.74) is 1.02. The predicted octanol–water partition coefficient (Wildman–Crippen LogP) is -0.467. The lowest BCUT2D eigenvalue weighted by atomic mass is 10.2. The second-order valence-corrected chi connectivity index (χ2v) is 3.17. The van der Waals surface area contributed by atoms with E-state index >= 15 is 0 Å². The Hall–Kier alpha value is -1.17. The van der Waals surface area contributed by atoms with E-state index in [0.29, 0.717) is 19.0 Å². The molecule has 0 aromatic carbocycles. The number of aromatic nitrogens is 1. The van der Waals surface area contributed by atoms with Crippen molar-refractivity contribution in [3.05, 3.63) is 23.9 Å². The molecule has 0 fully saturated rings. The number of aliphatic hydroxyl groups excluding tert-OH is 2. The predicted molar refractivity (Wildman–Crippen MR) is 55.6 cm³/mol. The average Bonchev–Trinajstić information content (AvgIpc) is 2.29. The summed E-state index contributed by atoms with van der Waals surface area (Å²) in [7, 11) is 1.56. The SMILES string of the molecule is COc1cc(CNCC(O)CO)ccn1. The molecule has 1 unspecified atom stereocenters. The van der Waals surface area contributed by atoms with E-state index in [0.717, 1.165) is 5.56 Å². The molecule has 1 rings (SSSR count). The van der Waals surface area contributed by atoms with Gasteiger partial charge in [-0.25, -0.2) is 4.98 Å². The fourth-order valence-electron chi connectivity index (χ4n) is 1.12. The van der Waals surface area contributed by atoms with Crippen molar-refractivity contribution in [3.8, 4) is 5.88 Å². The number of pyridine rings is 1. The van der Waals surface area contributed by atoms with Crippen LogP contribution in [0.15, 0.2) is 18.3 Å². The minimum atomic E-state index is -0.714. The Bertz CT molecular complexity index is 294. The zero-order chi connectivity index (χ0) is 11.1. The molecule has 0 aliphatic heterocycles. The molecule has 84 valence electrons. The molecule has 0 radical (unpaired) electrons. The first-order valence-corrected chi connectivity index (χ1v) is 4.75. The second-order valence-electron chi connectivity index (χ2n) is 3.17. The average molecular weight is 212 g/mol. The molecule has 5 nitrogen and oxygen atoms in total. The molecule has 0 aliphatic rings. The maximum absolute atomic E-state index is 9.09. The third kappa shape index (κ3) is 4.24. The zero-order valence-electron chi connectivity index (χ0n) is 8.68. The van der Waals surface area contributed by atoms with E-state index in [-0.39, 0.29) is 6.61 Å². The van der Waals surface area contributed by atoms with Crippen molar-refractivity contribution in [1.82, 2.24) is 10.3 Å². The van der Waals surface area contributed by atoms with Crippen molar-refractivity contribution in [2.24, 2.45) is 0 Å². The molecule has 0 bridgehead atoms. The van der Waals surface area contributed by atoms with Gasteiger partial charge in [0.15, 0.2) is 0 Å². The van der Waals surface area contributed by atoms with Crippen LogP contribution in [-0.4, -0.2) is 41.6 Å². The van der Waals surface area contributed by atoms with Gasteiger partial charge >= 0.3 is 0 Å². The summed E-state index contributed by atoms with van der Waals surface area (Å²) in [6.45, 7) is 0.740. The Kier molecular flexibility index (Phi) is 5.03. The Morgan fingerprint density at radius 2 is 2.40 bits per heavy atom. The van der Waals surface area contributed by atoms with Crippen LogP contribution in [-0.2, 0) is 6.54 Å². The molecule has 1 aromatic heterocycles. The van der Waals surface area contributed by atoms with E-state index in [9.17, 15) is 0 Å². The van der Waals surface area contributed by atoms with Crippen LogP contribution in [0.25, 0.3) is 0 Å². The zero-order valence-corrected chi connectivity index (χ0v) is 8.68. The van der Waals surface area contributed by atoms with Gasteiger partial charge in [-0.05, 0) is 11.6 Å². The third-order valence-corrected chi connectivity index (χ3v) is 1.93. The van der Waals surface area contributed by atoms with Crippen molar-refractivity contribution >= 4 is 0 Å². The van der Waals surface area contributed by atoms with E-state index in [1.807, 2.05) is 12.1 Å². The van der Waals surface area contributed by atoms with Crippen LogP contribution in [0.3, 0.4) is 0 Å². The van der Waals surface area contributed by atoms with Crippen LogP contribution < -0.4 is 10.1 Å². The lowest BCUT2D eigenvalue weighted by molar-refractivity contribution is 0.0942. The summed E-state index contributed by atoms with van der Waals surface area (Å²) >= 11 is 0. The van der Waals surface area contributed by atoms with Crippen LogP contribution in [0.1, 0.15) is 5.56 Å². The number of hydrogen-bond acceptors (Lipinski definition) is 5. The topological polar surface area (TPSA) is 74.6 Å². The lowest BCUT2D eigenvalue weighted by Crippen LogP contribution is -2.28. The van der Waals surface area contributed by atoms with Gasteiger partial charge in [0.1, 0.15) is 0 Å². The summed E-state index contributed by atoms with van der Waals surface area (Å²) in [5, 5.41) is 20.7. The smallest absolute Gasteiger partial charge is 0.213 e. The molecule has 1 aromatic rings. The van der Waals surface area contributed by atoms with Crippen molar-refractivity contribution < 1.29 is 14.9 Å². The monoisotopic (exact) mass is 212 g/mol. The standard InChI is InChI=1S/C10H16N2O3/c1-15-10-4-8(2-3-12-10)5-11-6-9(14)7-13/h2-4,9,11,13-14H,5-7H2,1H3. The molecule has 0 aliphatic carbocycles. The van der Waals surface area contributed by atoms with E-state index in [1.165, 1.54) is 0 Å². The van der Waals surface area contributed by atoms with Gasteiger partial charge in [0, 0.05) is 25.4 Å². The molecular weight excluding hydrogens is 196 g/mol. The van der Waals surface area contributed by atoms with Gasteiger partial charge in [-0.15, -0.1) is 0 Å². The van der Waals surface area contributed by atoms with Crippen LogP contribution in [0.5, 0.6) is 5.88 Å². The quantitative estimate of drug-likeness (QED) is 0.594. The van der Waals surface area contributed by atoms with Gasteiger partial charge in [-0.2, -0.15) is 0 Å². The summed E-state index contributed by atoms with van der Waals surface area (Å²) in [5.74, 6) is 0.567. The van der Waals surface area contributed by atoms with Crippen molar-refractivity contribution in [2.75, 3.05) is 20.3 Å². The normalized spacial score (nSPS) is 12.5. The van der Waals surface area contributed by atoms with E-state index < -0.39 is 6.10 Å². The Balaban J connectivity index is 2.37. The lowest BCUT2D eigenvalue weighted by Gasteiger charge is -2.09. The van der Waals surface area contributed by atoms with E-state index in [4.69, 9.17) is 14.9 Å². The summed E-state index contributed by atoms with van der Waals surface area (Å²) in [6, 6.07) is 3.68. The molecule has 1 heterocycles. The van der Waals surface area contributed by atoms with Gasteiger partial charge in [0.05, 0.1) is 19.8 Å². The number of methoxy groups -OCH3 is 1. The van der Waals surface area contributed by atoms with Gasteiger partial charge in [0.2, 0.25) is 5.88 Å². The molecule has 3 N–H and O–H groups in total.